The average molecular weight is 671 g/mol. The molecule has 0 heterocycles. The molecule has 50 heavy (non-hydrogen) atoms. The van der Waals surface area contributed by atoms with Crippen molar-refractivity contribution in [2.45, 2.75) is 55.7 Å². The van der Waals surface area contributed by atoms with Crippen molar-refractivity contribution < 1.29 is 0 Å². The summed E-state index contributed by atoms with van der Waals surface area (Å²) in [5, 5.41) is 9.47. The molecular formula is C47H43ClN2. The zero-order valence-electron chi connectivity index (χ0n) is 28.4. The van der Waals surface area contributed by atoms with Gasteiger partial charge in [0.25, 0.3) is 0 Å². The zero-order valence-corrected chi connectivity index (χ0v) is 29.2. The van der Waals surface area contributed by atoms with Crippen molar-refractivity contribution in [2.75, 3.05) is 6.54 Å². The van der Waals surface area contributed by atoms with Crippen LogP contribution in [0.3, 0.4) is 0 Å². The number of halogens is 1. The van der Waals surface area contributed by atoms with E-state index in [1.54, 1.807) is 0 Å². The van der Waals surface area contributed by atoms with E-state index in [2.05, 4.69) is 140 Å². The molecule has 6 aromatic rings. The summed E-state index contributed by atoms with van der Waals surface area (Å²) >= 11 is 6.58. The fraction of sp³-hybridized carbons (Fsp3) is 0.213. The summed E-state index contributed by atoms with van der Waals surface area (Å²) in [6, 6.07) is 53.5. The number of aryl methyl sites for hydroxylation is 6. The van der Waals surface area contributed by atoms with Gasteiger partial charge in [0.05, 0.1) is 17.4 Å². The van der Waals surface area contributed by atoms with Crippen LogP contribution in [0.5, 0.6) is 0 Å². The summed E-state index contributed by atoms with van der Waals surface area (Å²) in [6.45, 7) is 0.689. The van der Waals surface area contributed by atoms with Crippen molar-refractivity contribution in [2.24, 2.45) is 5.73 Å². The van der Waals surface area contributed by atoms with Crippen LogP contribution in [-0.2, 0) is 38.5 Å². The highest BCUT2D eigenvalue weighted by atomic mass is 35.5. The molecular weight excluding hydrogens is 628 g/mol. The standard InChI is InChI=1S/C16H17N.C16H13N.C15H13Cl/c2*17-11-16-14-7-3-1-5-12(14)9-10-13-6-2-4-8-15(13)16;16-15-13-7-3-1-5-11(13)9-10-12-6-2-4-8-14(12)15/h1-8,16H,9-11,17H2;1-8,16H,9-10H2;1-8,15H,9-10H2. The topological polar surface area (TPSA) is 49.8 Å². The smallest absolute Gasteiger partial charge is 0.0968 e. The molecule has 0 fully saturated rings. The summed E-state index contributed by atoms with van der Waals surface area (Å²) in [5.41, 5.74) is 22.1. The molecule has 0 aliphatic heterocycles. The predicted octanol–water partition coefficient (Wildman–Crippen LogP) is 10.4. The second-order valence-corrected chi connectivity index (χ2v) is 13.8. The van der Waals surface area contributed by atoms with Crippen molar-refractivity contribution in [1.29, 1.82) is 5.26 Å². The van der Waals surface area contributed by atoms with Gasteiger partial charge in [0, 0.05) is 12.5 Å². The maximum atomic E-state index is 9.46. The lowest BCUT2D eigenvalue weighted by atomic mass is 9.88. The summed E-state index contributed by atoms with van der Waals surface area (Å²) in [4.78, 5) is 0. The van der Waals surface area contributed by atoms with Gasteiger partial charge in [-0.15, -0.1) is 11.6 Å². The largest absolute Gasteiger partial charge is 0.330 e. The maximum absolute atomic E-state index is 9.46. The molecule has 0 saturated heterocycles. The van der Waals surface area contributed by atoms with Gasteiger partial charge in [-0.25, -0.2) is 0 Å². The lowest BCUT2D eigenvalue weighted by Gasteiger charge is -2.18. The Hall–Kier alpha value is -4.94. The van der Waals surface area contributed by atoms with Crippen molar-refractivity contribution in [3.63, 3.8) is 0 Å². The third kappa shape index (κ3) is 7.03. The van der Waals surface area contributed by atoms with Crippen molar-refractivity contribution in [1.82, 2.24) is 0 Å². The minimum atomic E-state index is -0.107. The second kappa shape index (κ2) is 15.7. The highest BCUT2D eigenvalue weighted by Gasteiger charge is 2.24. The first-order valence-corrected chi connectivity index (χ1v) is 18.3. The van der Waals surface area contributed by atoms with Gasteiger partial charge in [-0.2, -0.15) is 5.26 Å². The molecule has 248 valence electrons. The third-order valence-electron chi connectivity index (χ3n) is 10.6. The highest BCUT2D eigenvalue weighted by Crippen LogP contribution is 2.37. The van der Waals surface area contributed by atoms with Crippen molar-refractivity contribution >= 4 is 11.6 Å². The lowest BCUT2D eigenvalue weighted by molar-refractivity contribution is 0.813. The van der Waals surface area contributed by atoms with Gasteiger partial charge < -0.3 is 5.73 Å². The molecule has 3 aliphatic carbocycles. The first kappa shape index (κ1) is 33.6. The Bertz CT molecular complexity index is 1980. The SMILES string of the molecule is ClC1c2ccccc2CCc2ccccc21.N#CC1c2ccccc2CCc2ccccc21.NCC1c2ccccc2CCc2ccccc21. The van der Waals surface area contributed by atoms with Gasteiger partial charge in [-0.05, 0) is 105 Å². The van der Waals surface area contributed by atoms with Crippen LogP contribution < -0.4 is 5.73 Å². The summed E-state index contributed by atoms with van der Waals surface area (Å²) in [7, 11) is 0. The molecule has 0 radical (unpaired) electrons. The van der Waals surface area contributed by atoms with E-state index < -0.39 is 0 Å². The van der Waals surface area contributed by atoms with Crippen molar-refractivity contribution in [3.8, 4) is 6.07 Å². The predicted molar refractivity (Wildman–Crippen MR) is 207 cm³/mol. The minimum absolute atomic E-state index is 0.00917. The summed E-state index contributed by atoms with van der Waals surface area (Å²) < 4.78 is 0. The molecule has 9 rings (SSSR count). The first-order chi connectivity index (χ1) is 24.7. The number of benzene rings is 6. The maximum Gasteiger partial charge on any atom is 0.0968 e. The number of hydrogen-bond acceptors (Lipinski definition) is 2. The van der Waals surface area contributed by atoms with Gasteiger partial charge in [0.1, 0.15) is 0 Å². The Morgan fingerprint density at radius 2 is 0.700 bits per heavy atom. The molecule has 0 saturated carbocycles. The van der Waals surface area contributed by atoms with Crippen LogP contribution in [-0.4, -0.2) is 6.54 Å². The fourth-order valence-electron chi connectivity index (χ4n) is 8.01. The fourth-order valence-corrected chi connectivity index (χ4v) is 8.44. The van der Waals surface area contributed by atoms with E-state index >= 15 is 0 Å². The zero-order chi connectivity index (χ0) is 34.3. The number of nitrogens with zero attached hydrogens (tertiary/aromatic N) is 1. The molecule has 0 amide bonds. The molecule has 2 nitrogen and oxygen atoms in total. The minimum Gasteiger partial charge on any atom is -0.330 e. The van der Waals surface area contributed by atoms with Crippen LogP contribution >= 0.6 is 11.6 Å². The van der Waals surface area contributed by atoms with Crippen LogP contribution in [0.25, 0.3) is 0 Å². The molecule has 0 atom stereocenters. The second-order valence-electron chi connectivity index (χ2n) is 13.4. The summed E-state index contributed by atoms with van der Waals surface area (Å²) in [6.07, 6.45) is 6.51. The molecule has 0 aromatic heterocycles. The van der Waals surface area contributed by atoms with E-state index in [4.69, 9.17) is 17.3 Å². The Labute approximate surface area is 302 Å². The molecule has 3 aliphatic rings. The Balaban J connectivity index is 0.000000118. The van der Waals surface area contributed by atoms with Gasteiger partial charge in [0.15, 0.2) is 0 Å². The number of nitrogens with two attached hydrogens (primary N) is 1. The van der Waals surface area contributed by atoms with Crippen LogP contribution in [0.1, 0.15) is 84.0 Å². The number of hydrogen-bond donors (Lipinski definition) is 1. The van der Waals surface area contributed by atoms with E-state index in [0.717, 1.165) is 38.5 Å². The molecule has 2 N–H and O–H groups in total. The normalized spacial score (nSPS) is 14.7. The van der Waals surface area contributed by atoms with Gasteiger partial charge >= 0.3 is 0 Å². The number of alkyl halides is 1. The quantitative estimate of drug-likeness (QED) is 0.177. The molecule has 0 unspecified atom stereocenters. The molecule has 6 aromatic carbocycles. The Kier molecular flexibility index (Phi) is 10.6. The third-order valence-corrected chi connectivity index (χ3v) is 11.1. The lowest BCUT2D eigenvalue weighted by Crippen LogP contribution is -2.15. The van der Waals surface area contributed by atoms with E-state index in [1.165, 1.54) is 66.8 Å². The van der Waals surface area contributed by atoms with Crippen LogP contribution in [0.15, 0.2) is 146 Å². The Morgan fingerprint density at radius 1 is 0.440 bits per heavy atom. The number of nitriles is 1. The first-order valence-electron chi connectivity index (χ1n) is 17.9. The van der Waals surface area contributed by atoms with Crippen LogP contribution in [0, 0.1) is 11.3 Å². The van der Waals surface area contributed by atoms with E-state index in [-0.39, 0.29) is 11.3 Å². The molecule has 0 spiro atoms. The van der Waals surface area contributed by atoms with Gasteiger partial charge in [0.2, 0.25) is 0 Å². The number of fused-ring (bicyclic) bond motifs is 6. The number of rotatable bonds is 1. The van der Waals surface area contributed by atoms with E-state index in [9.17, 15) is 5.26 Å². The monoisotopic (exact) mass is 670 g/mol. The van der Waals surface area contributed by atoms with Crippen LogP contribution in [0.4, 0.5) is 0 Å². The highest BCUT2D eigenvalue weighted by molar-refractivity contribution is 6.22. The van der Waals surface area contributed by atoms with Gasteiger partial charge in [-0.1, -0.05) is 146 Å². The average Bonchev–Trinajstić information content (AvgIpc) is 3.52. The molecule has 3 heteroatoms. The van der Waals surface area contributed by atoms with E-state index in [1.807, 2.05) is 12.1 Å². The van der Waals surface area contributed by atoms with Gasteiger partial charge in [-0.3, -0.25) is 0 Å². The van der Waals surface area contributed by atoms with E-state index in [0.29, 0.717) is 12.5 Å². The summed E-state index contributed by atoms with van der Waals surface area (Å²) in [5.74, 6) is 0.259. The van der Waals surface area contributed by atoms with Crippen LogP contribution in [0.2, 0.25) is 0 Å². The Morgan fingerprint density at radius 3 is 1.02 bits per heavy atom. The molecule has 0 bridgehead atoms. The van der Waals surface area contributed by atoms with Crippen molar-refractivity contribution in [3.05, 3.63) is 212 Å².